The number of benzene rings is 10. The highest BCUT2D eigenvalue weighted by Crippen LogP contribution is 2.50. The Labute approximate surface area is 541 Å². The summed E-state index contributed by atoms with van der Waals surface area (Å²) in [4.78, 5) is 4.91. The predicted octanol–water partition coefficient (Wildman–Crippen LogP) is 21.5. The Morgan fingerprint density at radius 3 is 2.03 bits per heavy atom. The van der Waals surface area contributed by atoms with Gasteiger partial charge in [-0.1, -0.05) is 196 Å². The normalized spacial score (nSPS) is 19.2. The van der Waals surface area contributed by atoms with Crippen LogP contribution in [-0.2, 0) is 21.7 Å². The van der Waals surface area contributed by atoms with E-state index in [4.69, 9.17) is 30.6 Å². The molecule has 1 aliphatic heterocycles. The van der Waals surface area contributed by atoms with Crippen LogP contribution in [0.5, 0.6) is 11.5 Å². The summed E-state index contributed by atoms with van der Waals surface area (Å²) in [5, 5.41) is 3.91. The van der Waals surface area contributed by atoms with Crippen LogP contribution >= 0.6 is 0 Å². The summed E-state index contributed by atoms with van der Waals surface area (Å²) in [6, 6.07) is 59.0. The molecule has 0 bridgehead atoms. The molecule has 88 heavy (non-hydrogen) atoms. The number of para-hydroxylation sites is 3. The van der Waals surface area contributed by atoms with Crippen LogP contribution in [0.15, 0.2) is 223 Å². The van der Waals surface area contributed by atoms with E-state index in [1.807, 2.05) is 149 Å². The van der Waals surface area contributed by atoms with E-state index in [1.165, 1.54) is 6.07 Å². The van der Waals surface area contributed by atoms with Crippen molar-refractivity contribution in [1.29, 1.82) is 0 Å². The van der Waals surface area contributed by atoms with Gasteiger partial charge in [-0.3, -0.25) is 13.7 Å². The third-order valence-corrected chi connectivity index (χ3v) is 17.4. The lowest BCUT2D eigenvalue weighted by atomic mass is 9.63. The van der Waals surface area contributed by atoms with E-state index in [0.29, 0.717) is 61.7 Å². The molecule has 0 amide bonds. The zero-order valence-corrected chi connectivity index (χ0v) is 49.2. The lowest BCUT2D eigenvalue weighted by molar-refractivity contribution is -0.572. The van der Waals surface area contributed by atoms with E-state index in [9.17, 15) is 9.60 Å². The van der Waals surface area contributed by atoms with Crippen molar-refractivity contribution in [2.45, 2.75) is 103 Å². The van der Waals surface area contributed by atoms with Crippen molar-refractivity contribution < 1.29 is 39.8 Å². The highest BCUT2D eigenvalue weighted by atomic mass is 16.5. The molecule has 0 atom stereocenters. The molecule has 10 aromatic carbocycles. The second-order valence-electron chi connectivity index (χ2n) is 25.3. The number of pyridine rings is 1. The molecule has 6 nitrogen and oxygen atoms in total. The molecular weight excluding hydrogens is 1070 g/mol. The van der Waals surface area contributed by atoms with E-state index >= 15 is 0 Å². The number of furan rings is 1. The minimum absolute atomic E-state index is 0.131. The van der Waals surface area contributed by atoms with Gasteiger partial charge in [-0.25, -0.2) is 4.98 Å². The van der Waals surface area contributed by atoms with E-state index in [2.05, 4.69) is 94.9 Å². The van der Waals surface area contributed by atoms with Gasteiger partial charge in [-0.2, -0.15) is 0 Å². The van der Waals surface area contributed by atoms with Gasteiger partial charge in [0.05, 0.1) is 37.6 Å². The molecule has 5 heterocycles. The van der Waals surface area contributed by atoms with Crippen molar-refractivity contribution in [3.05, 3.63) is 247 Å². The van der Waals surface area contributed by atoms with Gasteiger partial charge in [0.2, 0.25) is 0 Å². The minimum Gasteiger partial charge on any atom is -0.458 e. The summed E-state index contributed by atoms with van der Waals surface area (Å²) in [5.74, 6) is 1.84. The van der Waals surface area contributed by atoms with Crippen molar-refractivity contribution in [1.82, 2.24) is 14.1 Å². The number of fused-ring (bicyclic) bond motifs is 14. The molecule has 14 aromatic rings. The summed E-state index contributed by atoms with van der Waals surface area (Å²) in [5.41, 5.74) is 0.0701. The highest BCUT2D eigenvalue weighted by Gasteiger charge is 2.38. The highest BCUT2D eigenvalue weighted by molar-refractivity contribution is 6.10. The standard InChI is InChI=1S/C82H70N4O2/c1-79(2,3)54-37-40-83-76(46-54)86-71-27-15-13-23-61(71)62-34-32-57(48-72(62)86)87-56-20-17-19-55(47-56)84-49-85-77-64(25-18-26-69(77)80(4,5)6)65-41-50(52-30-35-68-70(44-52)82(9,10)39-38-81(68,7)8)29-33-60(65)58-21-11-12-22-59(58)67-43-53(45-73(84)78(67)85)51-31-36-75-66(42-51)63-24-14-16-28-74(63)88-75/h11-37,40-48H,38-39H2,1-10H3/i7D3,8D3,9D3,10D3,30D,35D,38D2,39D2,44D. The number of rotatable bonds is 6. The Kier molecular flexibility index (Phi) is 8.15. The summed E-state index contributed by atoms with van der Waals surface area (Å²) in [7, 11) is 0. The first kappa shape index (κ1) is 37.0. The van der Waals surface area contributed by atoms with Crippen LogP contribution in [0.2, 0.25) is 0 Å². The minimum atomic E-state index is -4.50. The fourth-order valence-corrected chi connectivity index (χ4v) is 13.1. The molecule has 0 radical (unpaired) electrons. The number of hydrogen-bond donors (Lipinski definition) is 0. The zero-order chi connectivity index (χ0) is 76.4. The number of ether oxygens (including phenoxy) is 1. The van der Waals surface area contributed by atoms with E-state index in [-0.39, 0.29) is 11.0 Å². The van der Waals surface area contributed by atoms with Crippen LogP contribution in [0.1, 0.15) is 130 Å². The Morgan fingerprint density at radius 1 is 0.534 bits per heavy atom. The Bertz CT molecular complexity index is 6070. The van der Waals surface area contributed by atoms with Crippen LogP contribution in [0, 0.1) is 6.33 Å². The van der Waals surface area contributed by atoms with Gasteiger partial charge in [0.1, 0.15) is 28.5 Å². The van der Waals surface area contributed by atoms with Gasteiger partial charge in [0.25, 0.3) is 6.33 Å². The molecule has 2 aliphatic rings. The predicted molar refractivity (Wildman–Crippen MR) is 363 cm³/mol. The molecular formula is C82H70N4O2. The average molecular weight is 1160 g/mol. The van der Waals surface area contributed by atoms with Crippen LogP contribution in [0.4, 0.5) is 0 Å². The van der Waals surface area contributed by atoms with Gasteiger partial charge >= 0.3 is 0 Å². The molecule has 0 spiro atoms. The van der Waals surface area contributed by atoms with Crippen molar-refractivity contribution >= 4 is 54.8 Å². The first-order valence-electron chi connectivity index (χ1n) is 38.9. The topological polar surface area (TPSA) is 49.0 Å². The fourth-order valence-electron chi connectivity index (χ4n) is 13.1. The second kappa shape index (κ2) is 19.4. The van der Waals surface area contributed by atoms with Crippen molar-refractivity contribution in [2.24, 2.45) is 0 Å². The lowest BCUT2D eigenvalue weighted by Crippen LogP contribution is -2.35. The number of imidazole rings is 1. The quantitative estimate of drug-likeness (QED) is 0.123. The zero-order valence-electron chi connectivity index (χ0n) is 68.2. The number of nitrogens with zero attached hydrogens (tertiary/aromatic N) is 4. The first-order chi connectivity index (χ1) is 50.2. The van der Waals surface area contributed by atoms with Crippen molar-refractivity contribution in [3.63, 3.8) is 0 Å². The molecule has 0 saturated heterocycles. The maximum Gasteiger partial charge on any atom is 0.269 e. The molecule has 16 rings (SSSR count). The molecule has 430 valence electrons. The number of hydrogen-bond acceptors (Lipinski definition) is 3. The second-order valence-corrected chi connectivity index (χ2v) is 25.3. The first-order valence-corrected chi connectivity index (χ1v) is 29.4. The van der Waals surface area contributed by atoms with Crippen LogP contribution in [-0.4, -0.2) is 14.1 Å². The summed E-state index contributed by atoms with van der Waals surface area (Å²) >= 11 is 0. The molecule has 4 aromatic heterocycles. The summed E-state index contributed by atoms with van der Waals surface area (Å²) in [6.07, 6.45) is -3.27. The van der Waals surface area contributed by atoms with Crippen LogP contribution < -0.4 is 9.30 Å². The third kappa shape index (κ3) is 8.58. The lowest BCUT2D eigenvalue weighted by Gasteiger charge is -2.42. The summed E-state index contributed by atoms with van der Waals surface area (Å²) < 4.78 is 195. The average Bonchev–Trinajstić information content (AvgIpc) is 1.24. The van der Waals surface area contributed by atoms with Gasteiger partial charge < -0.3 is 9.15 Å². The van der Waals surface area contributed by atoms with Gasteiger partial charge in [-0.05, 0) is 191 Å². The number of aromatic nitrogens is 4. The van der Waals surface area contributed by atoms with Crippen LogP contribution in [0.25, 0.3) is 128 Å². The molecule has 6 heteroatoms. The van der Waals surface area contributed by atoms with Crippen molar-refractivity contribution in [2.75, 3.05) is 0 Å². The van der Waals surface area contributed by atoms with E-state index in [0.717, 1.165) is 77.4 Å². The monoisotopic (exact) mass is 1160 g/mol. The maximum absolute atomic E-state index is 10.3. The van der Waals surface area contributed by atoms with Gasteiger partial charge in [-0.15, -0.1) is 0 Å². The molecule has 0 saturated carbocycles. The van der Waals surface area contributed by atoms with E-state index < -0.39 is 91.2 Å². The Balaban J connectivity index is 0.966. The third-order valence-electron chi connectivity index (χ3n) is 17.4. The Morgan fingerprint density at radius 2 is 1.22 bits per heavy atom. The molecule has 1 aliphatic carbocycles. The summed E-state index contributed by atoms with van der Waals surface area (Å²) in [6.45, 7) is -4.16. The van der Waals surface area contributed by atoms with Gasteiger partial charge in [0.15, 0.2) is 0 Å². The SMILES string of the molecule is [2H]c1c([2H])c2c(c([2H])c1-c1ccc3c(c1)-c1cccc(C(C)(C)C)c1-[n+]1[c-]n(-c4cccc(Oc5ccc6c7ccccc7n(-c7cc(C(C)(C)C)ccn7)c6c5)c4)c4cc(-c5ccc6oc7ccccc7c6c5)cc(c41)-c1ccccc1-3)C(C([2H])([2H])[2H])(C([2H])([2H])[2H])C([2H])([2H])C([2H])([2H])C2(C([2H])([2H])[2H])C([2H])([2H])[2H]. The van der Waals surface area contributed by atoms with Crippen molar-refractivity contribution in [3.8, 4) is 84.3 Å². The van der Waals surface area contributed by atoms with Crippen LogP contribution in [0.3, 0.4) is 0 Å². The molecule has 0 fully saturated rings. The fraction of sp³-hybridized carbons (Fsp3) is 0.195. The smallest absolute Gasteiger partial charge is 0.269 e. The molecule has 0 N–H and O–H groups in total. The Hall–Kier alpha value is -9.78. The van der Waals surface area contributed by atoms with E-state index in [1.54, 1.807) is 12.1 Å². The maximum atomic E-state index is 10.3. The largest absolute Gasteiger partial charge is 0.458 e. The molecule has 0 unspecified atom stereocenters. The van der Waals surface area contributed by atoms with Gasteiger partial charge in [0, 0.05) is 55.7 Å².